The van der Waals surface area contributed by atoms with Crippen molar-refractivity contribution in [3.8, 4) is 0 Å². The average molecular weight is 293 g/mol. The molecule has 0 radical (unpaired) electrons. The van der Waals surface area contributed by atoms with E-state index in [1.165, 1.54) is 32.4 Å². The van der Waals surface area contributed by atoms with Crippen LogP contribution in [0.1, 0.15) is 49.6 Å². The fraction of sp³-hybridized carbons (Fsp3) is 0.733. The number of aromatic nitrogens is 1. The summed E-state index contributed by atoms with van der Waals surface area (Å²) in [6, 6.07) is 0.240. The Labute approximate surface area is 124 Å². The second-order valence-electron chi connectivity index (χ2n) is 5.77. The Kier molecular flexibility index (Phi) is 4.68. The van der Waals surface area contributed by atoms with Crippen LogP contribution in [-0.2, 0) is 4.79 Å². The van der Waals surface area contributed by atoms with Gasteiger partial charge in [-0.15, -0.1) is 11.3 Å². The molecule has 2 aliphatic heterocycles. The Hall–Kier alpha value is -0.940. The minimum absolute atomic E-state index is 0.240. The molecular formula is C15H23N3OS. The number of thiazole rings is 1. The summed E-state index contributed by atoms with van der Waals surface area (Å²) in [4.78, 5) is 21.4. The van der Waals surface area contributed by atoms with Gasteiger partial charge in [-0.05, 0) is 38.8 Å². The van der Waals surface area contributed by atoms with Crippen LogP contribution in [0.15, 0.2) is 11.6 Å². The monoisotopic (exact) mass is 293 g/mol. The largest absolute Gasteiger partial charge is 0.333 e. The first-order valence-electron chi connectivity index (χ1n) is 7.76. The van der Waals surface area contributed by atoms with Crippen molar-refractivity contribution in [1.29, 1.82) is 0 Å². The van der Waals surface area contributed by atoms with Gasteiger partial charge in [0.15, 0.2) is 0 Å². The third kappa shape index (κ3) is 3.20. The van der Waals surface area contributed by atoms with Gasteiger partial charge in [0.25, 0.3) is 0 Å². The highest BCUT2D eigenvalue weighted by Crippen LogP contribution is 2.33. The van der Waals surface area contributed by atoms with Crippen LogP contribution >= 0.6 is 11.3 Å². The molecule has 1 amide bonds. The number of rotatable bonds is 4. The van der Waals surface area contributed by atoms with Gasteiger partial charge in [0.1, 0.15) is 5.01 Å². The predicted octanol–water partition coefficient (Wildman–Crippen LogP) is 2.68. The Bertz CT molecular complexity index is 428. The van der Waals surface area contributed by atoms with Crippen LogP contribution in [0.5, 0.6) is 0 Å². The molecule has 0 N–H and O–H groups in total. The van der Waals surface area contributed by atoms with E-state index in [0.29, 0.717) is 12.3 Å². The molecule has 3 heterocycles. The zero-order chi connectivity index (χ0) is 13.8. The van der Waals surface area contributed by atoms with E-state index in [0.717, 1.165) is 30.9 Å². The van der Waals surface area contributed by atoms with E-state index in [1.807, 2.05) is 11.6 Å². The molecular weight excluding hydrogens is 270 g/mol. The van der Waals surface area contributed by atoms with E-state index in [-0.39, 0.29) is 6.04 Å². The topological polar surface area (TPSA) is 36.4 Å². The Morgan fingerprint density at radius 3 is 2.85 bits per heavy atom. The molecule has 0 spiro atoms. The summed E-state index contributed by atoms with van der Waals surface area (Å²) in [6.07, 6.45) is 8.63. The lowest BCUT2D eigenvalue weighted by atomic mass is 10.1. The van der Waals surface area contributed by atoms with Crippen LogP contribution in [0.3, 0.4) is 0 Å². The van der Waals surface area contributed by atoms with E-state index in [1.54, 1.807) is 11.3 Å². The molecule has 5 heteroatoms. The summed E-state index contributed by atoms with van der Waals surface area (Å²) in [5.41, 5.74) is 0. The van der Waals surface area contributed by atoms with Crippen LogP contribution in [0.25, 0.3) is 0 Å². The first-order valence-corrected chi connectivity index (χ1v) is 8.64. The highest BCUT2D eigenvalue weighted by Gasteiger charge is 2.31. The highest BCUT2D eigenvalue weighted by molar-refractivity contribution is 7.09. The van der Waals surface area contributed by atoms with Gasteiger partial charge in [-0.2, -0.15) is 0 Å². The van der Waals surface area contributed by atoms with Gasteiger partial charge in [-0.3, -0.25) is 4.79 Å². The van der Waals surface area contributed by atoms with Gasteiger partial charge in [0.2, 0.25) is 5.91 Å². The molecule has 0 unspecified atom stereocenters. The molecule has 0 aliphatic carbocycles. The zero-order valence-electron chi connectivity index (χ0n) is 12.0. The third-order valence-electron chi connectivity index (χ3n) is 4.40. The average Bonchev–Trinajstić information content (AvgIpc) is 3.15. The highest BCUT2D eigenvalue weighted by atomic mass is 32.1. The van der Waals surface area contributed by atoms with E-state index in [4.69, 9.17) is 0 Å². The summed E-state index contributed by atoms with van der Waals surface area (Å²) >= 11 is 1.67. The molecule has 0 aromatic carbocycles. The van der Waals surface area contributed by atoms with Crippen molar-refractivity contribution in [2.45, 2.75) is 44.6 Å². The van der Waals surface area contributed by atoms with Gasteiger partial charge >= 0.3 is 0 Å². The second-order valence-corrected chi connectivity index (χ2v) is 6.69. The van der Waals surface area contributed by atoms with Gasteiger partial charge in [0, 0.05) is 31.1 Å². The SMILES string of the molecule is O=C(CCN1CCCCC1)N1CCC[C@H]1c1nccs1. The molecule has 3 rings (SSSR count). The number of nitrogens with zero attached hydrogens (tertiary/aromatic N) is 3. The number of hydrogen-bond donors (Lipinski definition) is 0. The number of carbonyl (C=O) groups excluding carboxylic acids is 1. The van der Waals surface area contributed by atoms with Gasteiger partial charge in [0.05, 0.1) is 6.04 Å². The summed E-state index contributed by atoms with van der Waals surface area (Å²) in [5.74, 6) is 0.313. The van der Waals surface area contributed by atoms with Crippen LogP contribution in [0.4, 0.5) is 0 Å². The zero-order valence-corrected chi connectivity index (χ0v) is 12.8. The number of amides is 1. The summed E-state index contributed by atoms with van der Waals surface area (Å²) in [5, 5.41) is 3.11. The van der Waals surface area contributed by atoms with Gasteiger partial charge in [-0.1, -0.05) is 6.42 Å². The normalized spacial score (nSPS) is 24.2. The Morgan fingerprint density at radius 1 is 1.25 bits per heavy atom. The third-order valence-corrected chi connectivity index (χ3v) is 5.28. The van der Waals surface area contributed by atoms with E-state index >= 15 is 0 Å². The van der Waals surface area contributed by atoms with E-state index in [9.17, 15) is 4.79 Å². The minimum atomic E-state index is 0.240. The lowest BCUT2D eigenvalue weighted by Crippen LogP contribution is -2.36. The van der Waals surface area contributed by atoms with E-state index < -0.39 is 0 Å². The standard InChI is InChI=1S/C15H23N3OS/c19-14(6-11-17-8-2-1-3-9-17)18-10-4-5-13(18)15-16-7-12-20-15/h7,12-13H,1-6,8-11H2/t13-/m0/s1. The molecule has 2 fully saturated rings. The van der Waals surface area contributed by atoms with Crippen molar-refractivity contribution in [2.75, 3.05) is 26.2 Å². The quantitative estimate of drug-likeness (QED) is 0.856. The Morgan fingerprint density at radius 2 is 2.10 bits per heavy atom. The maximum atomic E-state index is 12.5. The number of piperidine rings is 1. The first kappa shape index (κ1) is 14.0. The minimum Gasteiger partial charge on any atom is -0.333 e. The molecule has 2 saturated heterocycles. The van der Waals surface area contributed by atoms with Crippen molar-refractivity contribution < 1.29 is 4.79 Å². The molecule has 1 atom stereocenters. The van der Waals surface area contributed by atoms with Gasteiger partial charge < -0.3 is 9.80 Å². The fourth-order valence-corrected chi connectivity index (χ4v) is 4.09. The van der Waals surface area contributed by atoms with Crippen molar-refractivity contribution in [3.63, 3.8) is 0 Å². The number of hydrogen-bond acceptors (Lipinski definition) is 4. The van der Waals surface area contributed by atoms with Crippen molar-refractivity contribution >= 4 is 17.2 Å². The lowest BCUT2D eigenvalue weighted by Gasteiger charge is -2.28. The molecule has 1 aromatic heterocycles. The summed E-state index contributed by atoms with van der Waals surface area (Å²) in [6.45, 7) is 4.18. The second kappa shape index (κ2) is 6.68. The fourth-order valence-electron chi connectivity index (χ4n) is 3.30. The smallest absolute Gasteiger partial charge is 0.224 e. The van der Waals surface area contributed by atoms with Crippen molar-refractivity contribution in [1.82, 2.24) is 14.8 Å². The molecule has 0 saturated carbocycles. The first-order chi connectivity index (χ1) is 9.84. The van der Waals surface area contributed by atoms with E-state index in [2.05, 4.69) is 14.8 Å². The molecule has 2 aliphatic rings. The molecule has 20 heavy (non-hydrogen) atoms. The van der Waals surface area contributed by atoms with Crippen molar-refractivity contribution in [3.05, 3.63) is 16.6 Å². The molecule has 110 valence electrons. The van der Waals surface area contributed by atoms with Crippen molar-refractivity contribution in [2.24, 2.45) is 0 Å². The lowest BCUT2D eigenvalue weighted by molar-refractivity contribution is -0.132. The summed E-state index contributed by atoms with van der Waals surface area (Å²) in [7, 11) is 0. The summed E-state index contributed by atoms with van der Waals surface area (Å²) < 4.78 is 0. The maximum absolute atomic E-state index is 12.5. The maximum Gasteiger partial charge on any atom is 0.224 e. The number of likely N-dealkylation sites (tertiary alicyclic amines) is 2. The van der Waals surface area contributed by atoms with Crippen LogP contribution in [-0.4, -0.2) is 46.9 Å². The predicted molar refractivity (Wildman–Crippen MR) is 80.7 cm³/mol. The molecule has 0 bridgehead atoms. The Balaban J connectivity index is 1.53. The van der Waals surface area contributed by atoms with Gasteiger partial charge in [-0.25, -0.2) is 4.98 Å². The number of carbonyl (C=O) groups is 1. The van der Waals surface area contributed by atoms with Crippen LogP contribution < -0.4 is 0 Å². The molecule has 4 nitrogen and oxygen atoms in total. The molecule has 1 aromatic rings. The van der Waals surface area contributed by atoms with Crippen LogP contribution in [0, 0.1) is 0 Å². The van der Waals surface area contributed by atoms with Crippen LogP contribution in [0.2, 0.25) is 0 Å².